The van der Waals surface area contributed by atoms with E-state index in [9.17, 15) is 27.9 Å². The molecule has 10 nitrogen and oxygen atoms in total. The van der Waals surface area contributed by atoms with Crippen molar-refractivity contribution in [2.24, 2.45) is 0 Å². The molecule has 0 spiro atoms. The van der Waals surface area contributed by atoms with Crippen molar-refractivity contribution in [1.82, 2.24) is 19.4 Å². The number of hydrogen-bond acceptors (Lipinski definition) is 8. The van der Waals surface area contributed by atoms with Gasteiger partial charge in [-0.1, -0.05) is 18.2 Å². The molecule has 2 saturated heterocycles. The molecule has 1 unspecified atom stereocenters. The molecule has 46 heavy (non-hydrogen) atoms. The van der Waals surface area contributed by atoms with Gasteiger partial charge in [-0.3, -0.25) is 9.69 Å². The lowest BCUT2D eigenvalue weighted by molar-refractivity contribution is -0.275. The number of aromatic carboxylic acids is 1. The summed E-state index contributed by atoms with van der Waals surface area (Å²) in [6.07, 6.45) is -2.21. The molecule has 1 atom stereocenters. The number of carbonyl (C=O) groups excluding carboxylic acids is 1. The minimum atomic E-state index is -4.92. The first kappa shape index (κ1) is 31.5. The fourth-order valence-electron chi connectivity index (χ4n) is 5.85. The number of alkyl halides is 3. The number of hydrogen-bond donors (Lipinski definition) is 1. The minimum absolute atomic E-state index is 0.0830. The number of pyridine rings is 1. The number of carboxylic acid groups (broad SMARTS) is 1. The number of imidazole rings is 1. The average molecular weight is 639 g/mol. The van der Waals surface area contributed by atoms with Gasteiger partial charge in [0.05, 0.1) is 35.8 Å². The van der Waals surface area contributed by atoms with Crippen LogP contribution in [0.25, 0.3) is 11.0 Å². The smallest absolute Gasteiger partial charge is 0.478 e. The Labute approximate surface area is 262 Å². The Morgan fingerprint density at radius 2 is 1.78 bits per heavy atom. The SMILES string of the molecule is CC(=O)c1ccc(COc2cccc(C3CCN(Cc4nc5ccc(C(=O)O)cc5n4CC4CCO4)CC3)n2)c(OC(F)(F)F)c1. The second-order valence-corrected chi connectivity index (χ2v) is 11.6. The first-order valence-electron chi connectivity index (χ1n) is 15.1. The molecule has 1 N–H and O–H groups in total. The number of ether oxygens (including phenoxy) is 3. The summed E-state index contributed by atoms with van der Waals surface area (Å²) in [4.78, 5) is 35.1. The number of carbonyl (C=O) groups is 2. The number of rotatable bonds is 11. The summed E-state index contributed by atoms with van der Waals surface area (Å²) in [5, 5.41) is 9.51. The zero-order valence-corrected chi connectivity index (χ0v) is 25.1. The molecule has 0 aliphatic carbocycles. The van der Waals surface area contributed by atoms with Crippen LogP contribution in [0.1, 0.15) is 69.9 Å². The number of piperidine rings is 1. The normalized spacial score (nSPS) is 17.5. The van der Waals surface area contributed by atoms with Gasteiger partial charge in [-0.05, 0) is 69.6 Å². The van der Waals surface area contributed by atoms with Crippen LogP contribution in [0.4, 0.5) is 13.2 Å². The van der Waals surface area contributed by atoms with Crippen molar-refractivity contribution >= 4 is 22.8 Å². The maximum atomic E-state index is 13.0. The van der Waals surface area contributed by atoms with Gasteiger partial charge in [-0.25, -0.2) is 14.8 Å². The van der Waals surface area contributed by atoms with Crippen molar-refractivity contribution in [2.75, 3.05) is 19.7 Å². The Kier molecular flexibility index (Phi) is 8.96. The molecule has 2 aliphatic rings. The first-order chi connectivity index (χ1) is 22.0. The highest BCUT2D eigenvalue weighted by Gasteiger charge is 2.32. The Morgan fingerprint density at radius 1 is 1.02 bits per heavy atom. The zero-order chi connectivity index (χ0) is 32.4. The molecule has 2 aliphatic heterocycles. The van der Waals surface area contributed by atoms with Gasteiger partial charge in [0, 0.05) is 35.4 Å². The van der Waals surface area contributed by atoms with E-state index in [1.54, 1.807) is 24.3 Å². The molecule has 0 saturated carbocycles. The number of likely N-dealkylation sites (tertiary alicyclic amines) is 1. The van der Waals surface area contributed by atoms with Crippen molar-refractivity contribution in [3.05, 3.63) is 82.8 Å². The summed E-state index contributed by atoms with van der Waals surface area (Å²) < 4.78 is 56.7. The molecule has 2 fully saturated rings. The maximum Gasteiger partial charge on any atom is 0.573 e. The number of aromatic nitrogens is 3. The van der Waals surface area contributed by atoms with Gasteiger partial charge in [0.25, 0.3) is 0 Å². The molecular formula is C33H33F3N4O6. The van der Waals surface area contributed by atoms with Crippen LogP contribution in [0, 0.1) is 0 Å². The highest BCUT2D eigenvalue weighted by atomic mass is 19.4. The Bertz CT molecular complexity index is 1750. The number of nitrogens with zero attached hydrogens (tertiary/aromatic N) is 4. The van der Waals surface area contributed by atoms with Crippen LogP contribution in [0.2, 0.25) is 0 Å². The predicted octanol–water partition coefficient (Wildman–Crippen LogP) is 5.98. The molecule has 13 heteroatoms. The van der Waals surface area contributed by atoms with E-state index in [1.165, 1.54) is 19.1 Å². The molecular weight excluding hydrogens is 605 g/mol. The quantitative estimate of drug-likeness (QED) is 0.198. The summed E-state index contributed by atoms with van der Waals surface area (Å²) >= 11 is 0. The summed E-state index contributed by atoms with van der Waals surface area (Å²) in [6, 6.07) is 14.3. The lowest BCUT2D eigenvalue weighted by atomic mass is 9.93. The fraction of sp³-hybridized carbons (Fsp3) is 0.394. The molecule has 2 aromatic heterocycles. The Hall–Kier alpha value is -4.49. The Morgan fingerprint density at radius 3 is 2.46 bits per heavy atom. The number of ketones is 1. The number of fused-ring (bicyclic) bond motifs is 1. The van der Waals surface area contributed by atoms with Crippen LogP contribution in [0.3, 0.4) is 0 Å². The topological polar surface area (TPSA) is 116 Å². The van der Waals surface area contributed by atoms with Crippen molar-refractivity contribution in [3.63, 3.8) is 0 Å². The number of halogens is 3. The van der Waals surface area contributed by atoms with Crippen LogP contribution in [0.15, 0.2) is 54.6 Å². The van der Waals surface area contributed by atoms with E-state index in [0.717, 1.165) is 67.6 Å². The predicted molar refractivity (Wildman–Crippen MR) is 160 cm³/mol. The van der Waals surface area contributed by atoms with E-state index in [0.29, 0.717) is 13.1 Å². The van der Waals surface area contributed by atoms with Gasteiger partial charge in [-0.15, -0.1) is 13.2 Å². The fourth-order valence-corrected chi connectivity index (χ4v) is 5.85. The van der Waals surface area contributed by atoms with Crippen molar-refractivity contribution in [3.8, 4) is 11.6 Å². The van der Waals surface area contributed by atoms with Crippen molar-refractivity contribution in [1.29, 1.82) is 0 Å². The van der Waals surface area contributed by atoms with Gasteiger partial charge < -0.3 is 23.9 Å². The van der Waals surface area contributed by atoms with E-state index in [4.69, 9.17) is 14.5 Å². The van der Waals surface area contributed by atoms with E-state index >= 15 is 0 Å². The van der Waals surface area contributed by atoms with Gasteiger partial charge in [0.2, 0.25) is 5.88 Å². The molecule has 0 radical (unpaired) electrons. The van der Waals surface area contributed by atoms with Crippen LogP contribution >= 0.6 is 0 Å². The van der Waals surface area contributed by atoms with E-state index in [1.807, 2.05) is 12.1 Å². The minimum Gasteiger partial charge on any atom is -0.478 e. The summed E-state index contributed by atoms with van der Waals surface area (Å²) in [5.41, 5.74) is 2.83. The van der Waals surface area contributed by atoms with Gasteiger partial charge in [0.15, 0.2) is 5.78 Å². The molecule has 2 aromatic carbocycles. The highest BCUT2D eigenvalue weighted by Crippen LogP contribution is 2.31. The van der Waals surface area contributed by atoms with Crippen molar-refractivity contribution < 1.29 is 42.1 Å². The summed E-state index contributed by atoms with van der Waals surface area (Å²) in [5.74, 6) is -0.536. The third-order valence-electron chi connectivity index (χ3n) is 8.44. The van der Waals surface area contributed by atoms with Crippen LogP contribution < -0.4 is 9.47 Å². The van der Waals surface area contributed by atoms with E-state index < -0.39 is 18.1 Å². The lowest BCUT2D eigenvalue weighted by Gasteiger charge is -2.32. The standard InChI is InChI=1S/C33H33F3N4O6/c1-20(41)22-5-6-24(29(16-22)46-33(34,35)36)19-45-31-4-2-3-26(38-31)21-9-12-39(13-10-21)18-30-37-27-8-7-23(32(42)43)15-28(27)40(30)17-25-11-14-44-25/h2-8,15-16,21,25H,9-14,17-19H2,1H3,(H,42,43). The van der Waals surface area contributed by atoms with Crippen molar-refractivity contribution in [2.45, 2.75) is 64.3 Å². The molecule has 0 amide bonds. The van der Waals surface area contributed by atoms with Gasteiger partial charge >= 0.3 is 12.3 Å². The second kappa shape index (κ2) is 13.1. The number of carboxylic acids is 1. The molecule has 242 valence electrons. The monoisotopic (exact) mass is 638 g/mol. The lowest BCUT2D eigenvalue weighted by Crippen LogP contribution is -2.35. The van der Waals surface area contributed by atoms with Gasteiger partial charge in [0.1, 0.15) is 18.2 Å². The van der Waals surface area contributed by atoms with Crippen LogP contribution in [-0.4, -0.2) is 68.5 Å². The van der Waals surface area contributed by atoms with Crippen LogP contribution in [-0.2, 0) is 24.4 Å². The van der Waals surface area contributed by atoms with Crippen LogP contribution in [0.5, 0.6) is 11.6 Å². The first-order valence-corrected chi connectivity index (χ1v) is 15.1. The number of benzene rings is 2. The summed E-state index contributed by atoms with van der Waals surface area (Å²) in [6.45, 7) is 4.58. The van der Waals surface area contributed by atoms with Gasteiger partial charge in [-0.2, -0.15) is 0 Å². The maximum absolute atomic E-state index is 13.0. The zero-order valence-electron chi connectivity index (χ0n) is 25.1. The highest BCUT2D eigenvalue weighted by molar-refractivity contribution is 5.94. The molecule has 4 aromatic rings. The largest absolute Gasteiger partial charge is 0.573 e. The Balaban J connectivity index is 1.10. The van der Waals surface area contributed by atoms with E-state index in [-0.39, 0.29) is 47.0 Å². The third kappa shape index (κ3) is 7.31. The molecule has 6 rings (SSSR count). The molecule has 4 heterocycles. The second-order valence-electron chi connectivity index (χ2n) is 11.6. The average Bonchev–Trinajstić information content (AvgIpc) is 3.33. The third-order valence-corrected chi connectivity index (χ3v) is 8.44. The number of Topliss-reactive ketones (excluding diaryl/α,β-unsaturated/α-hetero) is 1. The summed E-state index contributed by atoms with van der Waals surface area (Å²) in [7, 11) is 0. The molecule has 0 bridgehead atoms. The van der Waals surface area contributed by atoms with E-state index in [2.05, 4.69) is 19.2 Å².